The quantitative estimate of drug-likeness (QED) is 0.207. The Hall–Kier alpha value is -5.26. The first kappa shape index (κ1) is 25.5. The Kier molecular flexibility index (Phi) is 6.24. The van der Waals surface area contributed by atoms with E-state index < -0.39 is 0 Å². The lowest BCUT2D eigenvalue weighted by Crippen LogP contribution is -1.88. The van der Waals surface area contributed by atoms with Crippen LogP contribution in [-0.4, -0.2) is 19.9 Å². The molecule has 0 unspecified atom stereocenters. The Bertz CT molecular complexity index is 2190. The predicted molar refractivity (Wildman–Crippen MR) is 183 cm³/mol. The summed E-state index contributed by atoms with van der Waals surface area (Å²) in [5.41, 5.74) is 13.9. The van der Waals surface area contributed by atoms with Gasteiger partial charge in [-0.1, -0.05) is 91.0 Å². The van der Waals surface area contributed by atoms with Gasteiger partial charge in [0.2, 0.25) is 0 Å². The Morgan fingerprint density at radius 1 is 0.372 bits per heavy atom. The maximum atomic E-state index is 5.28. The fourth-order valence-corrected chi connectivity index (χ4v) is 6.35. The minimum Gasteiger partial charge on any atom is -0.354 e. The van der Waals surface area contributed by atoms with Crippen LogP contribution in [0.2, 0.25) is 0 Å². The lowest BCUT2D eigenvalue weighted by atomic mass is 10.0. The third kappa shape index (κ3) is 4.55. The first-order valence-electron chi connectivity index (χ1n) is 14.2. The van der Waals surface area contributed by atoms with E-state index in [-0.39, 0.29) is 0 Å². The van der Waals surface area contributed by atoms with Gasteiger partial charge in [0.15, 0.2) is 0 Å². The zero-order valence-electron chi connectivity index (χ0n) is 23.1. The second-order valence-corrected chi connectivity index (χ2v) is 11.3. The molecule has 0 radical (unpaired) electrons. The lowest BCUT2D eigenvalue weighted by Gasteiger charge is -2.06. The molecule has 3 aromatic heterocycles. The van der Waals surface area contributed by atoms with Crippen molar-refractivity contribution in [2.45, 2.75) is 0 Å². The predicted octanol–water partition coefficient (Wildman–Crippen LogP) is 10.4. The molecule has 43 heavy (non-hydrogen) atoms. The van der Waals surface area contributed by atoms with E-state index in [0.29, 0.717) is 0 Å². The van der Waals surface area contributed by atoms with E-state index in [0.717, 1.165) is 82.7 Å². The Morgan fingerprint density at radius 2 is 0.698 bits per heavy atom. The summed E-state index contributed by atoms with van der Waals surface area (Å²) < 4.78 is 0.903. The van der Waals surface area contributed by atoms with Gasteiger partial charge in [-0.3, -0.25) is 0 Å². The van der Waals surface area contributed by atoms with Gasteiger partial charge >= 0.3 is 0 Å². The van der Waals surface area contributed by atoms with E-state index in [2.05, 4.69) is 147 Å². The zero-order chi connectivity index (χ0) is 28.8. The first-order valence-corrected chi connectivity index (χ1v) is 15.0. The van der Waals surface area contributed by atoms with Crippen molar-refractivity contribution in [1.82, 2.24) is 19.9 Å². The minimum atomic E-state index is 0.863. The number of rotatable bonds is 3. The third-order valence-corrected chi connectivity index (χ3v) is 8.71. The van der Waals surface area contributed by atoms with Crippen LogP contribution in [0.5, 0.6) is 0 Å². The standard InChI is InChI=1S/C38H25BrN4/c39-38-33-22-20-31(42-33)36(25-12-6-2-7-13-25)29-18-16-27(40-29)35(24-10-4-1-5-11-24)28-17-19-30(41-28)37(26-14-8-3-9-15-26)32-21-23-34(38)43-32/h1-23,40,43H. The molecule has 5 heterocycles. The molecule has 0 spiro atoms. The maximum absolute atomic E-state index is 5.28. The number of benzene rings is 3. The number of H-pyrrole nitrogens is 2. The first-order chi connectivity index (χ1) is 21.2. The van der Waals surface area contributed by atoms with Crippen LogP contribution < -0.4 is 0 Å². The monoisotopic (exact) mass is 616 g/mol. The molecule has 6 aromatic rings. The molecule has 5 heteroatoms. The van der Waals surface area contributed by atoms with Crippen LogP contribution in [-0.2, 0) is 0 Å². The molecule has 0 fully saturated rings. The molecular formula is C38H25BrN4. The van der Waals surface area contributed by atoms with Gasteiger partial charge in [-0.2, -0.15) is 0 Å². The number of aromatic nitrogens is 4. The van der Waals surface area contributed by atoms with Crippen LogP contribution in [0.15, 0.2) is 120 Å². The summed E-state index contributed by atoms with van der Waals surface area (Å²) in [6.07, 6.45) is 8.40. The highest BCUT2D eigenvalue weighted by Crippen LogP contribution is 2.37. The second kappa shape index (κ2) is 10.5. The van der Waals surface area contributed by atoms with Gasteiger partial charge in [0.1, 0.15) is 0 Å². The normalized spacial score (nSPS) is 12.1. The van der Waals surface area contributed by atoms with Gasteiger partial charge in [0, 0.05) is 33.2 Å². The molecule has 0 amide bonds. The van der Waals surface area contributed by atoms with Crippen molar-refractivity contribution in [1.29, 1.82) is 0 Å². The molecule has 0 atom stereocenters. The summed E-state index contributed by atoms with van der Waals surface area (Å²) in [7, 11) is 0. The largest absolute Gasteiger partial charge is 0.354 e. The molecule has 0 aliphatic carbocycles. The van der Waals surface area contributed by atoms with E-state index in [4.69, 9.17) is 9.97 Å². The van der Waals surface area contributed by atoms with Crippen molar-refractivity contribution < 1.29 is 0 Å². The fourth-order valence-electron chi connectivity index (χ4n) is 5.90. The van der Waals surface area contributed by atoms with Gasteiger partial charge < -0.3 is 9.97 Å². The number of fused-ring (bicyclic) bond motifs is 8. The molecule has 204 valence electrons. The molecule has 2 N–H and O–H groups in total. The molecule has 0 saturated carbocycles. The zero-order valence-corrected chi connectivity index (χ0v) is 24.6. The summed E-state index contributed by atoms with van der Waals surface area (Å²) in [6, 6.07) is 39.8. The minimum absolute atomic E-state index is 0.863. The smallest absolute Gasteiger partial charge is 0.0801 e. The maximum Gasteiger partial charge on any atom is 0.0801 e. The third-order valence-electron chi connectivity index (χ3n) is 7.88. The van der Waals surface area contributed by atoms with Crippen LogP contribution >= 0.6 is 15.9 Å². The van der Waals surface area contributed by atoms with Crippen molar-refractivity contribution in [2.24, 2.45) is 0 Å². The average molecular weight is 618 g/mol. The number of hydrogen-bond donors (Lipinski definition) is 2. The van der Waals surface area contributed by atoms with Crippen molar-refractivity contribution in [2.75, 3.05) is 0 Å². The van der Waals surface area contributed by atoms with E-state index in [1.807, 2.05) is 18.2 Å². The van der Waals surface area contributed by atoms with Gasteiger partial charge in [-0.25, -0.2) is 9.97 Å². The van der Waals surface area contributed by atoms with Crippen molar-refractivity contribution in [3.8, 4) is 33.4 Å². The Labute approximate surface area is 257 Å². The van der Waals surface area contributed by atoms with E-state index >= 15 is 0 Å². The number of aromatic amines is 2. The van der Waals surface area contributed by atoms with Crippen LogP contribution in [0.25, 0.3) is 79.8 Å². The van der Waals surface area contributed by atoms with Crippen molar-refractivity contribution in [3.63, 3.8) is 0 Å². The summed E-state index contributed by atoms with van der Waals surface area (Å²) >= 11 is 3.86. The molecular weight excluding hydrogens is 592 g/mol. The number of hydrogen-bond acceptors (Lipinski definition) is 2. The molecule has 2 aliphatic heterocycles. The van der Waals surface area contributed by atoms with Gasteiger partial charge in [0.05, 0.1) is 32.8 Å². The van der Waals surface area contributed by atoms with Gasteiger partial charge in [0.25, 0.3) is 0 Å². The highest BCUT2D eigenvalue weighted by molar-refractivity contribution is 9.10. The van der Waals surface area contributed by atoms with E-state index in [1.165, 1.54) is 0 Å². The Morgan fingerprint density at radius 3 is 1.12 bits per heavy atom. The molecule has 4 nitrogen and oxygen atoms in total. The molecule has 0 saturated heterocycles. The SMILES string of the molecule is Brc1c2nc(c(-c3ccccc3)c3ccc([nH]3)c(-c3ccccc3)c3nc(c(-c4ccccc4)c4ccc1[nH]4)C=C3)C=C2. The van der Waals surface area contributed by atoms with Crippen molar-refractivity contribution >= 4 is 62.3 Å². The average Bonchev–Trinajstić information content (AvgIpc) is 3.88. The lowest BCUT2D eigenvalue weighted by molar-refractivity contribution is 1.30. The second-order valence-electron chi connectivity index (χ2n) is 10.5. The number of nitrogens with zero attached hydrogens (tertiary/aromatic N) is 2. The number of nitrogens with one attached hydrogen (secondary N) is 2. The van der Waals surface area contributed by atoms with Gasteiger partial charge in [-0.15, -0.1) is 0 Å². The molecule has 3 aromatic carbocycles. The van der Waals surface area contributed by atoms with Crippen LogP contribution in [0.3, 0.4) is 0 Å². The fraction of sp³-hybridized carbons (Fsp3) is 0. The van der Waals surface area contributed by atoms with Crippen molar-refractivity contribution in [3.05, 3.63) is 143 Å². The van der Waals surface area contributed by atoms with Crippen LogP contribution in [0, 0.1) is 0 Å². The summed E-state index contributed by atoms with van der Waals surface area (Å²) in [5.74, 6) is 0. The summed E-state index contributed by atoms with van der Waals surface area (Å²) in [4.78, 5) is 17.8. The Balaban J connectivity index is 1.56. The highest BCUT2D eigenvalue weighted by Gasteiger charge is 2.17. The highest BCUT2D eigenvalue weighted by atomic mass is 79.9. The number of halogens is 1. The van der Waals surface area contributed by atoms with Gasteiger partial charge in [-0.05, 0) is 81.2 Å². The summed E-state index contributed by atoms with van der Waals surface area (Å²) in [5, 5.41) is 0. The molecule has 8 rings (SSSR count). The van der Waals surface area contributed by atoms with E-state index in [9.17, 15) is 0 Å². The van der Waals surface area contributed by atoms with Crippen LogP contribution in [0.1, 0.15) is 22.8 Å². The molecule has 2 aliphatic rings. The van der Waals surface area contributed by atoms with Crippen LogP contribution in [0.4, 0.5) is 0 Å². The van der Waals surface area contributed by atoms with E-state index in [1.54, 1.807) is 0 Å². The summed E-state index contributed by atoms with van der Waals surface area (Å²) in [6.45, 7) is 0. The molecule has 8 bridgehead atoms. The topological polar surface area (TPSA) is 57.4 Å².